The van der Waals surface area contributed by atoms with Crippen LogP contribution in [0.5, 0.6) is 0 Å². The number of rotatable bonds is 6. The van der Waals surface area contributed by atoms with Crippen molar-refractivity contribution in [1.82, 2.24) is 15.1 Å². The van der Waals surface area contributed by atoms with E-state index in [1.54, 1.807) is 4.68 Å². The molecule has 0 bridgehead atoms. The summed E-state index contributed by atoms with van der Waals surface area (Å²) in [4.78, 5) is 25.3. The fraction of sp³-hybridized carbons (Fsp3) is 0.471. The predicted octanol–water partition coefficient (Wildman–Crippen LogP) is 2.62. The first-order chi connectivity index (χ1) is 11.3. The molecule has 2 rings (SSSR count). The molecule has 0 spiro atoms. The van der Waals surface area contributed by atoms with Crippen molar-refractivity contribution in [2.75, 3.05) is 7.11 Å². The van der Waals surface area contributed by atoms with E-state index < -0.39 is 0 Å². The lowest BCUT2D eigenvalue weighted by Crippen LogP contribution is -2.33. The Kier molecular flexibility index (Phi) is 5.77. The lowest BCUT2D eigenvalue weighted by atomic mass is 9.97. The van der Waals surface area contributed by atoms with Crippen LogP contribution in [0, 0.1) is 13.8 Å². The summed E-state index contributed by atoms with van der Waals surface area (Å²) in [5.74, 6) is -0.828. The number of carbonyl (C=O) groups is 2. The van der Waals surface area contributed by atoms with Crippen LogP contribution >= 0.6 is 11.3 Å². The number of nitrogens with one attached hydrogen (secondary N) is 1. The molecule has 6 nitrogen and oxygen atoms in total. The monoisotopic (exact) mass is 349 g/mol. The van der Waals surface area contributed by atoms with Crippen molar-refractivity contribution in [3.05, 3.63) is 39.3 Å². The normalized spacial score (nSPS) is 13.4. The van der Waals surface area contributed by atoms with E-state index in [0.717, 1.165) is 21.8 Å². The van der Waals surface area contributed by atoms with Gasteiger partial charge in [0.05, 0.1) is 31.2 Å². The average Bonchev–Trinajstić information content (AvgIpc) is 3.15. The maximum Gasteiger partial charge on any atom is 0.307 e. The summed E-state index contributed by atoms with van der Waals surface area (Å²) < 4.78 is 6.53. The molecule has 2 aromatic rings. The summed E-state index contributed by atoms with van der Waals surface area (Å²) in [6, 6.07) is 3.42. The highest BCUT2D eigenvalue weighted by Crippen LogP contribution is 2.26. The van der Waals surface area contributed by atoms with E-state index in [0.29, 0.717) is 0 Å². The van der Waals surface area contributed by atoms with Gasteiger partial charge in [-0.3, -0.25) is 14.3 Å². The molecule has 0 aliphatic rings. The van der Waals surface area contributed by atoms with E-state index in [1.165, 1.54) is 18.4 Å². The van der Waals surface area contributed by atoms with Gasteiger partial charge in [0, 0.05) is 23.2 Å². The zero-order valence-electron chi connectivity index (χ0n) is 14.6. The SMILES string of the molecule is COC(=O)C[C@@H](NC(=O)[C@@H](C)c1c(C)nn(C)c1C)c1cccs1. The van der Waals surface area contributed by atoms with Gasteiger partial charge in [-0.25, -0.2) is 0 Å². The largest absolute Gasteiger partial charge is 0.469 e. The minimum Gasteiger partial charge on any atom is -0.469 e. The van der Waals surface area contributed by atoms with Crippen molar-refractivity contribution >= 4 is 23.2 Å². The molecule has 0 aliphatic carbocycles. The van der Waals surface area contributed by atoms with E-state index in [1.807, 2.05) is 45.3 Å². The molecule has 0 saturated heterocycles. The van der Waals surface area contributed by atoms with Crippen LogP contribution in [-0.2, 0) is 21.4 Å². The van der Waals surface area contributed by atoms with Gasteiger partial charge >= 0.3 is 5.97 Å². The first kappa shape index (κ1) is 18.2. The molecule has 2 aromatic heterocycles. The highest BCUT2D eigenvalue weighted by atomic mass is 32.1. The molecule has 1 N–H and O–H groups in total. The quantitative estimate of drug-likeness (QED) is 0.814. The van der Waals surface area contributed by atoms with Crippen LogP contribution < -0.4 is 5.32 Å². The second-order valence-corrected chi connectivity index (χ2v) is 6.77. The number of carbonyl (C=O) groups excluding carboxylic acids is 2. The number of ether oxygens (including phenoxy) is 1. The standard InChI is InChI=1S/C17H23N3O3S/c1-10(16-11(2)19-20(4)12(16)3)17(22)18-13(9-15(21)23-5)14-7-6-8-24-14/h6-8,10,13H,9H2,1-5H3,(H,18,22)/t10-,13+/m0/s1. The minimum atomic E-state index is -0.385. The Hall–Kier alpha value is -2.15. The minimum absolute atomic E-state index is 0.112. The number of amides is 1. The van der Waals surface area contributed by atoms with Crippen molar-refractivity contribution in [3.8, 4) is 0 Å². The molecule has 0 radical (unpaired) electrons. The van der Waals surface area contributed by atoms with Gasteiger partial charge in [-0.15, -0.1) is 11.3 Å². The highest BCUT2D eigenvalue weighted by molar-refractivity contribution is 7.10. The molecule has 0 aliphatic heterocycles. The lowest BCUT2D eigenvalue weighted by Gasteiger charge is -2.20. The lowest BCUT2D eigenvalue weighted by molar-refractivity contribution is -0.141. The van der Waals surface area contributed by atoms with Crippen molar-refractivity contribution in [1.29, 1.82) is 0 Å². The number of hydrogen-bond acceptors (Lipinski definition) is 5. The topological polar surface area (TPSA) is 73.2 Å². The molecule has 130 valence electrons. The summed E-state index contributed by atoms with van der Waals surface area (Å²) in [5, 5.41) is 9.27. The Morgan fingerprint density at radius 1 is 1.42 bits per heavy atom. The maximum absolute atomic E-state index is 12.7. The van der Waals surface area contributed by atoms with Crippen molar-refractivity contribution in [2.45, 2.75) is 39.2 Å². The molecule has 0 fully saturated rings. The summed E-state index contributed by atoms with van der Waals surface area (Å²) in [6.07, 6.45) is 0.112. The van der Waals surface area contributed by atoms with Gasteiger partial charge in [0.1, 0.15) is 0 Å². The van der Waals surface area contributed by atoms with Gasteiger partial charge in [-0.05, 0) is 32.2 Å². The molecule has 1 amide bonds. The van der Waals surface area contributed by atoms with E-state index in [4.69, 9.17) is 4.74 Å². The third kappa shape index (κ3) is 3.84. The van der Waals surface area contributed by atoms with Crippen molar-refractivity contribution in [3.63, 3.8) is 0 Å². The van der Waals surface area contributed by atoms with Crippen LogP contribution in [0.15, 0.2) is 17.5 Å². The fourth-order valence-electron chi connectivity index (χ4n) is 2.81. The highest BCUT2D eigenvalue weighted by Gasteiger charge is 2.26. The Bertz CT molecular complexity index is 722. The number of hydrogen-bond donors (Lipinski definition) is 1. The van der Waals surface area contributed by atoms with E-state index in [9.17, 15) is 9.59 Å². The third-order valence-electron chi connectivity index (χ3n) is 4.19. The molecule has 2 atom stereocenters. The first-order valence-electron chi connectivity index (χ1n) is 7.75. The molecule has 0 aromatic carbocycles. The van der Waals surface area contributed by atoms with Crippen LogP contribution in [-0.4, -0.2) is 28.8 Å². The van der Waals surface area contributed by atoms with Gasteiger partial charge in [0.15, 0.2) is 0 Å². The zero-order chi connectivity index (χ0) is 17.9. The molecule has 0 unspecified atom stereocenters. The number of esters is 1. The van der Waals surface area contributed by atoms with Gasteiger partial charge in [0.25, 0.3) is 0 Å². The second kappa shape index (κ2) is 7.61. The van der Waals surface area contributed by atoms with Gasteiger partial charge in [-0.2, -0.15) is 5.10 Å². The fourth-order valence-corrected chi connectivity index (χ4v) is 3.58. The average molecular weight is 349 g/mol. The molecular weight excluding hydrogens is 326 g/mol. The van der Waals surface area contributed by atoms with Gasteiger partial charge < -0.3 is 10.1 Å². The summed E-state index contributed by atoms with van der Waals surface area (Å²) >= 11 is 1.50. The number of methoxy groups -OCH3 is 1. The maximum atomic E-state index is 12.7. The van der Waals surface area contributed by atoms with E-state index in [-0.39, 0.29) is 30.3 Å². The Morgan fingerprint density at radius 2 is 2.12 bits per heavy atom. The first-order valence-corrected chi connectivity index (χ1v) is 8.63. The Morgan fingerprint density at radius 3 is 2.62 bits per heavy atom. The van der Waals surface area contributed by atoms with Crippen molar-refractivity contribution in [2.24, 2.45) is 7.05 Å². The molecule has 2 heterocycles. The summed E-state index contributed by atoms with van der Waals surface area (Å²) in [5.41, 5.74) is 2.74. The third-order valence-corrected chi connectivity index (χ3v) is 5.18. The number of nitrogens with zero attached hydrogens (tertiary/aromatic N) is 2. The summed E-state index contributed by atoms with van der Waals surface area (Å²) in [7, 11) is 3.21. The van der Waals surface area contributed by atoms with E-state index >= 15 is 0 Å². The number of aromatic nitrogens is 2. The predicted molar refractivity (Wildman–Crippen MR) is 92.9 cm³/mol. The van der Waals surface area contributed by atoms with Crippen LogP contribution in [0.4, 0.5) is 0 Å². The molecule has 24 heavy (non-hydrogen) atoms. The van der Waals surface area contributed by atoms with Crippen LogP contribution in [0.25, 0.3) is 0 Å². The Labute approximate surface area is 145 Å². The van der Waals surface area contributed by atoms with Gasteiger partial charge in [0.2, 0.25) is 5.91 Å². The number of aryl methyl sites for hydroxylation is 2. The van der Waals surface area contributed by atoms with E-state index in [2.05, 4.69) is 10.4 Å². The second-order valence-electron chi connectivity index (χ2n) is 5.79. The summed E-state index contributed by atoms with van der Waals surface area (Å²) in [6.45, 7) is 5.71. The van der Waals surface area contributed by atoms with Crippen LogP contribution in [0.1, 0.15) is 47.1 Å². The van der Waals surface area contributed by atoms with Crippen molar-refractivity contribution < 1.29 is 14.3 Å². The number of thiophene rings is 1. The Balaban J connectivity index is 2.19. The molecule has 0 saturated carbocycles. The van der Waals surface area contributed by atoms with Gasteiger partial charge in [-0.1, -0.05) is 6.07 Å². The zero-order valence-corrected chi connectivity index (χ0v) is 15.4. The van der Waals surface area contributed by atoms with Crippen LogP contribution in [0.3, 0.4) is 0 Å². The smallest absolute Gasteiger partial charge is 0.307 e. The molecule has 7 heteroatoms. The molecular formula is C17H23N3O3S. The van der Waals surface area contributed by atoms with Crippen LogP contribution in [0.2, 0.25) is 0 Å².